The summed E-state index contributed by atoms with van der Waals surface area (Å²) in [5, 5.41) is 3.74. The molecule has 1 unspecified atom stereocenters. The highest BCUT2D eigenvalue weighted by Crippen LogP contribution is 2.35. The molecule has 2 aliphatic rings. The van der Waals surface area contributed by atoms with Gasteiger partial charge < -0.3 is 19.5 Å². The van der Waals surface area contributed by atoms with E-state index in [-0.39, 0.29) is 6.04 Å². The SMILES string of the molecule is Brc1cc2c(cc1CNC(CN1CCOCC1)c1ccccc1)OCCO2. The maximum Gasteiger partial charge on any atom is 0.162 e. The van der Waals surface area contributed by atoms with E-state index in [4.69, 9.17) is 14.2 Å². The molecule has 2 aromatic carbocycles. The van der Waals surface area contributed by atoms with Gasteiger partial charge in [-0.1, -0.05) is 46.3 Å². The molecule has 1 atom stereocenters. The predicted molar refractivity (Wildman–Crippen MR) is 108 cm³/mol. The van der Waals surface area contributed by atoms with Gasteiger partial charge in [0.05, 0.1) is 13.2 Å². The Labute approximate surface area is 168 Å². The van der Waals surface area contributed by atoms with E-state index >= 15 is 0 Å². The van der Waals surface area contributed by atoms with Gasteiger partial charge in [0.25, 0.3) is 0 Å². The third kappa shape index (κ3) is 4.82. The van der Waals surface area contributed by atoms with Gasteiger partial charge in [0.15, 0.2) is 11.5 Å². The topological polar surface area (TPSA) is 43.0 Å². The van der Waals surface area contributed by atoms with Crippen molar-refractivity contribution in [3.8, 4) is 11.5 Å². The molecule has 1 saturated heterocycles. The quantitative estimate of drug-likeness (QED) is 0.757. The van der Waals surface area contributed by atoms with Crippen LogP contribution >= 0.6 is 15.9 Å². The second-order valence-electron chi connectivity index (χ2n) is 6.84. The van der Waals surface area contributed by atoms with Crippen LogP contribution in [0.15, 0.2) is 46.9 Å². The van der Waals surface area contributed by atoms with Crippen LogP contribution < -0.4 is 14.8 Å². The summed E-state index contributed by atoms with van der Waals surface area (Å²) in [5.74, 6) is 1.63. The largest absolute Gasteiger partial charge is 0.486 e. The lowest BCUT2D eigenvalue weighted by molar-refractivity contribution is 0.0333. The molecule has 2 heterocycles. The number of nitrogens with one attached hydrogen (secondary N) is 1. The zero-order valence-corrected chi connectivity index (χ0v) is 16.9. The fourth-order valence-corrected chi connectivity index (χ4v) is 3.95. The number of ether oxygens (including phenoxy) is 3. The Kier molecular flexibility index (Phi) is 6.29. The van der Waals surface area contributed by atoms with Crippen molar-refractivity contribution in [2.24, 2.45) is 0 Å². The predicted octanol–water partition coefficient (Wildman–Crippen LogP) is 3.38. The van der Waals surface area contributed by atoms with E-state index in [2.05, 4.69) is 62.5 Å². The van der Waals surface area contributed by atoms with Gasteiger partial charge in [0.1, 0.15) is 13.2 Å². The molecule has 1 N–H and O–H groups in total. The highest BCUT2D eigenvalue weighted by atomic mass is 79.9. The number of fused-ring (bicyclic) bond motifs is 1. The summed E-state index contributed by atoms with van der Waals surface area (Å²) in [6.07, 6.45) is 0. The molecule has 1 fully saturated rings. The third-order valence-corrected chi connectivity index (χ3v) is 5.73. The van der Waals surface area contributed by atoms with Gasteiger partial charge in [-0.2, -0.15) is 0 Å². The van der Waals surface area contributed by atoms with E-state index in [0.29, 0.717) is 13.2 Å². The van der Waals surface area contributed by atoms with E-state index in [1.807, 2.05) is 6.07 Å². The average molecular weight is 433 g/mol. The summed E-state index contributed by atoms with van der Waals surface area (Å²) in [6, 6.07) is 15.0. The molecule has 4 rings (SSSR count). The third-order valence-electron chi connectivity index (χ3n) is 5.00. The number of halogens is 1. The lowest BCUT2D eigenvalue weighted by atomic mass is 10.1. The molecule has 144 valence electrons. The van der Waals surface area contributed by atoms with E-state index < -0.39 is 0 Å². The van der Waals surface area contributed by atoms with E-state index in [9.17, 15) is 0 Å². The van der Waals surface area contributed by atoms with Gasteiger partial charge >= 0.3 is 0 Å². The van der Waals surface area contributed by atoms with E-state index in [1.165, 1.54) is 11.1 Å². The van der Waals surface area contributed by atoms with Crippen molar-refractivity contribution in [2.45, 2.75) is 12.6 Å². The van der Waals surface area contributed by atoms with Crippen molar-refractivity contribution in [3.05, 3.63) is 58.1 Å². The van der Waals surface area contributed by atoms with Crippen LogP contribution in [0, 0.1) is 0 Å². The molecular weight excluding hydrogens is 408 g/mol. The van der Waals surface area contributed by atoms with Gasteiger partial charge in [0.2, 0.25) is 0 Å². The zero-order valence-electron chi connectivity index (χ0n) is 15.3. The molecule has 6 heteroatoms. The first kappa shape index (κ1) is 18.7. The number of benzene rings is 2. The Hall–Kier alpha value is -1.60. The minimum absolute atomic E-state index is 0.254. The fraction of sp³-hybridized carbons (Fsp3) is 0.429. The molecule has 2 aromatic rings. The number of hydrogen-bond acceptors (Lipinski definition) is 5. The van der Waals surface area contributed by atoms with Crippen LogP contribution in [0.2, 0.25) is 0 Å². The van der Waals surface area contributed by atoms with Crippen LogP contribution in [0.3, 0.4) is 0 Å². The van der Waals surface area contributed by atoms with Crippen LogP contribution in [0.25, 0.3) is 0 Å². The van der Waals surface area contributed by atoms with Crippen LogP contribution in [-0.4, -0.2) is 51.0 Å². The Balaban J connectivity index is 1.48. The lowest BCUT2D eigenvalue weighted by Crippen LogP contribution is -2.41. The normalized spacial score (nSPS) is 18.3. The van der Waals surface area contributed by atoms with Crippen molar-refractivity contribution in [3.63, 3.8) is 0 Å². The lowest BCUT2D eigenvalue weighted by Gasteiger charge is -2.31. The minimum atomic E-state index is 0.254. The molecule has 0 spiro atoms. The van der Waals surface area contributed by atoms with Crippen molar-refractivity contribution < 1.29 is 14.2 Å². The summed E-state index contributed by atoms with van der Waals surface area (Å²) >= 11 is 3.68. The minimum Gasteiger partial charge on any atom is -0.486 e. The first-order valence-electron chi connectivity index (χ1n) is 9.46. The molecule has 0 bridgehead atoms. The first-order chi connectivity index (χ1) is 13.3. The Morgan fingerprint density at radius 1 is 0.963 bits per heavy atom. The van der Waals surface area contributed by atoms with Gasteiger partial charge in [-0.3, -0.25) is 4.90 Å². The number of hydrogen-bond donors (Lipinski definition) is 1. The smallest absolute Gasteiger partial charge is 0.162 e. The molecule has 0 aliphatic carbocycles. The second kappa shape index (κ2) is 9.06. The van der Waals surface area contributed by atoms with Crippen LogP contribution in [-0.2, 0) is 11.3 Å². The summed E-state index contributed by atoms with van der Waals surface area (Å²) in [5.41, 5.74) is 2.47. The van der Waals surface area contributed by atoms with Crippen molar-refractivity contribution in [2.75, 3.05) is 46.1 Å². The highest BCUT2D eigenvalue weighted by Gasteiger charge is 2.20. The molecule has 0 amide bonds. The summed E-state index contributed by atoms with van der Waals surface area (Å²) in [4.78, 5) is 2.47. The number of morpholine rings is 1. The molecule has 2 aliphatic heterocycles. The summed E-state index contributed by atoms with van der Waals surface area (Å²) in [7, 11) is 0. The maximum atomic E-state index is 5.74. The average Bonchev–Trinajstić information content (AvgIpc) is 2.72. The van der Waals surface area contributed by atoms with Gasteiger partial charge in [-0.25, -0.2) is 0 Å². The van der Waals surface area contributed by atoms with Crippen LogP contribution in [0.4, 0.5) is 0 Å². The molecule has 5 nitrogen and oxygen atoms in total. The fourth-order valence-electron chi connectivity index (χ4n) is 3.49. The van der Waals surface area contributed by atoms with Gasteiger partial charge in [0, 0.05) is 36.7 Å². The Bertz CT molecular complexity index is 751. The molecular formula is C21H25BrN2O3. The highest BCUT2D eigenvalue weighted by molar-refractivity contribution is 9.10. The van der Waals surface area contributed by atoms with Crippen molar-refractivity contribution in [1.29, 1.82) is 0 Å². The standard InChI is InChI=1S/C21H25BrN2O3/c22-18-13-21-20(26-10-11-27-21)12-17(18)14-23-19(16-4-2-1-3-5-16)15-24-6-8-25-9-7-24/h1-5,12-13,19,23H,6-11,14-15H2. The Morgan fingerprint density at radius 2 is 1.67 bits per heavy atom. The molecule has 0 radical (unpaired) electrons. The van der Waals surface area contributed by atoms with Crippen LogP contribution in [0.1, 0.15) is 17.2 Å². The van der Waals surface area contributed by atoms with Crippen molar-refractivity contribution >= 4 is 15.9 Å². The Morgan fingerprint density at radius 3 is 2.41 bits per heavy atom. The second-order valence-corrected chi connectivity index (χ2v) is 7.70. The summed E-state index contributed by atoms with van der Waals surface area (Å²) < 4.78 is 17.9. The monoisotopic (exact) mass is 432 g/mol. The van der Waals surface area contributed by atoms with E-state index in [0.717, 1.165) is 55.4 Å². The van der Waals surface area contributed by atoms with Crippen LogP contribution in [0.5, 0.6) is 11.5 Å². The zero-order chi connectivity index (χ0) is 18.5. The number of nitrogens with zero attached hydrogens (tertiary/aromatic N) is 1. The first-order valence-corrected chi connectivity index (χ1v) is 10.3. The number of rotatable bonds is 6. The molecule has 0 aromatic heterocycles. The molecule has 0 saturated carbocycles. The summed E-state index contributed by atoms with van der Waals surface area (Å²) in [6.45, 7) is 6.52. The van der Waals surface area contributed by atoms with Gasteiger partial charge in [-0.05, 0) is 23.3 Å². The molecule has 27 heavy (non-hydrogen) atoms. The van der Waals surface area contributed by atoms with Gasteiger partial charge in [-0.15, -0.1) is 0 Å². The van der Waals surface area contributed by atoms with Crippen molar-refractivity contribution in [1.82, 2.24) is 10.2 Å². The maximum absolute atomic E-state index is 5.74. The van der Waals surface area contributed by atoms with E-state index in [1.54, 1.807) is 0 Å².